The molecular formula is C5H3F7. The van der Waals surface area contributed by atoms with Crippen LogP contribution < -0.4 is 0 Å². The van der Waals surface area contributed by atoms with Gasteiger partial charge in [-0.25, -0.2) is 4.39 Å². The van der Waals surface area contributed by atoms with Gasteiger partial charge in [-0.05, 0) is 0 Å². The van der Waals surface area contributed by atoms with Gasteiger partial charge >= 0.3 is 12.4 Å². The Bertz CT molecular complexity index is 171. The number of alkyl halides is 6. The summed E-state index contributed by atoms with van der Waals surface area (Å²) in [5, 5.41) is 0. The van der Waals surface area contributed by atoms with Crippen molar-refractivity contribution in [2.75, 3.05) is 0 Å². The average molecular weight is 196 g/mol. The van der Waals surface area contributed by atoms with Gasteiger partial charge in [-0.3, -0.25) is 0 Å². The van der Waals surface area contributed by atoms with E-state index < -0.39 is 30.7 Å². The minimum atomic E-state index is -5.05. The smallest absolute Gasteiger partial charge is 0.211 e. The predicted octanol–water partition coefficient (Wildman–Crippen LogP) is 3.35. The Kier molecular flexibility index (Phi) is 3.11. The van der Waals surface area contributed by atoms with Crippen LogP contribution >= 0.6 is 0 Å². The van der Waals surface area contributed by atoms with Gasteiger partial charge in [0.1, 0.15) is 5.83 Å². The highest BCUT2D eigenvalue weighted by Gasteiger charge is 2.32. The van der Waals surface area contributed by atoms with E-state index in [4.69, 9.17) is 0 Å². The Balaban J connectivity index is 4.23. The summed E-state index contributed by atoms with van der Waals surface area (Å²) in [6, 6.07) is 0. The molecule has 0 saturated carbocycles. The Morgan fingerprint density at radius 2 is 1.42 bits per heavy atom. The monoisotopic (exact) mass is 196 g/mol. The van der Waals surface area contributed by atoms with Crippen LogP contribution in [0.1, 0.15) is 6.42 Å². The molecule has 0 rings (SSSR count). The van der Waals surface area contributed by atoms with Gasteiger partial charge in [-0.15, -0.1) is 0 Å². The molecule has 0 unspecified atom stereocenters. The lowest BCUT2D eigenvalue weighted by Gasteiger charge is -2.04. The number of halogens is 7. The highest BCUT2D eigenvalue weighted by atomic mass is 19.4. The summed E-state index contributed by atoms with van der Waals surface area (Å²) in [7, 11) is 0. The number of allylic oxidation sites excluding steroid dienone is 2. The normalized spacial score (nSPS) is 15.1. The fraction of sp³-hybridized carbons (Fsp3) is 0.600. The summed E-state index contributed by atoms with van der Waals surface area (Å²) in [6.07, 6.45) is -13.2. The molecule has 0 aromatic rings. The van der Waals surface area contributed by atoms with Crippen molar-refractivity contribution in [3.05, 3.63) is 11.9 Å². The van der Waals surface area contributed by atoms with E-state index in [9.17, 15) is 30.7 Å². The zero-order valence-electron chi connectivity index (χ0n) is 5.43. The lowest BCUT2D eigenvalue weighted by atomic mass is 10.3. The van der Waals surface area contributed by atoms with Crippen LogP contribution in [-0.4, -0.2) is 12.4 Å². The molecule has 0 spiro atoms. The second-order valence-electron chi connectivity index (χ2n) is 1.92. The molecule has 0 atom stereocenters. The minimum absolute atomic E-state index is 1.01. The molecule has 0 fully saturated rings. The second-order valence-corrected chi connectivity index (χ2v) is 1.92. The molecule has 0 bridgehead atoms. The zero-order chi connectivity index (χ0) is 9.99. The molecule has 0 heterocycles. The first-order chi connectivity index (χ1) is 5.10. The maximum Gasteiger partial charge on any atom is 0.412 e. The van der Waals surface area contributed by atoms with Gasteiger partial charge in [0.05, 0.1) is 12.5 Å². The topological polar surface area (TPSA) is 0 Å². The standard InChI is InChI=1S/C5H3F7/c6-3(1-4(7,8)9)2-5(10,11)12/h1H,2H2/b3-1-. The SMILES string of the molecule is F/C(=C\C(F)(F)F)CC(F)(F)F. The van der Waals surface area contributed by atoms with Crippen LogP contribution in [0.15, 0.2) is 11.9 Å². The highest BCUT2D eigenvalue weighted by Crippen LogP contribution is 2.28. The molecule has 0 aliphatic carbocycles. The van der Waals surface area contributed by atoms with E-state index in [1.165, 1.54) is 0 Å². The van der Waals surface area contributed by atoms with Crippen molar-refractivity contribution in [2.45, 2.75) is 18.8 Å². The largest absolute Gasteiger partial charge is 0.412 e. The summed E-state index contributed by atoms with van der Waals surface area (Å²) in [6.45, 7) is 0. The molecule has 0 aliphatic heterocycles. The maximum absolute atomic E-state index is 11.8. The number of rotatable bonds is 1. The van der Waals surface area contributed by atoms with Gasteiger partial charge in [0.15, 0.2) is 0 Å². The first-order valence-corrected chi connectivity index (χ1v) is 2.61. The van der Waals surface area contributed by atoms with Crippen molar-refractivity contribution in [2.24, 2.45) is 0 Å². The molecule has 0 nitrogen and oxygen atoms in total. The third-order valence-electron chi connectivity index (χ3n) is 0.690. The van der Waals surface area contributed by atoms with E-state index in [0.29, 0.717) is 0 Å². The van der Waals surface area contributed by atoms with Gasteiger partial charge < -0.3 is 0 Å². The summed E-state index contributed by atoms with van der Waals surface area (Å²) in [5.74, 6) is -2.24. The lowest BCUT2D eigenvalue weighted by Crippen LogP contribution is -2.09. The molecule has 0 N–H and O–H groups in total. The van der Waals surface area contributed by atoms with Gasteiger partial charge in [-0.1, -0.05) is 0 Å². The Morgan fingerprint density at radius 3 is 1.67 bits per heavy atom. The highest BCUT2D eigenvalue weighted by molar-refractivity contribution is 4.98. The van der Waals surface area contributed by atoms with E-state index in [0.717, 1.165) is 0 Å². The summed E-state index contributed by atoms with van der Waals surface area (Å²) >= 11 is 0. The van der Waals surface area contributed by atoms with Crippen LogP contribution in [0, 0.1) is 0 Å². The van der Waals surface area contributed by atoms with Crippen molar-refractivity contribution < 1.29 is 30.7 Å². The third kappa shape index (κ3) is 7.36. The molecule has 72 valence electrons. The maximum atomic E-state index is 11.8. The van der Waals surface area contributed by atoms with Crippen LogP contribution in [-0.2, 0) is 0 Å². The van der Waals surface area contributed by atoms with Crippen LogP contribution in [0.5, 0.6) is 0 Å². The quantitative estimate of drug-likeness (QED) is 0.564. The van der Waals surface area contributed by atoms with E-state index in [1.807, 2.05) is 0 Å². The Labute approximate surface area is 62.7 Å². The van der Waals surface area contributed by atoms with Crippen LogP contribution in [0.2, 0.25) is 0 Å². The Morgan fingerprint density at radius 1 is 1.00 bits per heavy atom. The minimum Gasteiger partial charge on any atom is -0.211 e. The van der Waals surface area contributed by atoms with Gasteiger partial charge in [-0.2, -0.15) is 26.3 Å². The molecule has 7 heteroatoms. The molecule has 0 aromatic carbocycles. The molecule has 0 radical (unpaired) electrons. The summed E-state index contributed by atoms with van der Waals surface area (Å²) < 4.78 is 79.1. The predicted molar refractivity (Wildman–Crippen MR) is 25.9 cm³/mol. The first kappa shape index (κ1) is 11.2. The van der Waals surface area contributed by atoms with Crippen LogP contribution in [0.3, 0.4) is 0 Å². The van der Waals surface area contributed by atoms with E-state index in [2.05, 4.69) is 0 Å². The molecule has 0 aromatic heterocycles. The first-order valence-electron chi connectivity index (χ1n) is 2.61. The molecule has 0 amide bonds. The van der Waals surface area contributed by atoms with Gasteiger partial charge in [0, 0.05) is 0 Å². The van der Waals surface area contributed by atoms with Crippen LogP contribution in [0.4, 0.5) is 30.7 Å². The summed E-state index contributed by atoms with van der Waals surface area (Å²) in [4.78, 5) is 0. The Hall–Kier alpha value is -0.750. The number of hydrogen-bond acceptors (Lipinski definition) is 0. The zero-order valence-corrected chi connectivity index (χ0v) is 5.43. The lowest BCUT2D eigenvalue weighted by molar-refractivity contribution is -0.131. The molecule has 0 saturated heterocycles. The van der Waals surface area contributed by atoms with E-state index >= 15 is 0 Å². The van der Waals surface area contributed by atoms with Gasteiger partial charge in [0.25, 0.3) is 0 Å². The average Bonchev–Trinajstić information content (AvgIpc) is 1.49. The van der Waals surface area contributed by atoms with Crippen LogP contribution in [0.25, 0.3) is 0 Å². The summed E-state index contributed by atoms with van der Waals surface area (Å²) in [5.41, 5.74) is 0. The van der Waals surface area contributed by atoms with Crippen molar-refractivity contribution in [3.63, 3.8) is 0 Å². The van der Waals surface area contributed by atoms with Crippen molar-refractivity contribution >= 4 is 0 Å². The van der Waals surface area contributed by atoms with Crippen molar-refractivity contribution in [1.82, 2.24) is 0 Å². The van der Waals surface area contributed by atoms with E-state index in [-0.39, 0.29) is 0 Å². The third-order valence-corrected chi connectivity index (χ3v) is 0.690. The van der Waals surface area contributed by atoms with Crippen molar-refractivity contribution in [1.29, 1.82) is 0 Å². The number of hydrogen-bond donors (Lipinski definition) is 0. The molecule has 0 aliphatic rings. The fourth-order valence-corrected chi connectivity index (χ4v) is 0.420. The second kappa shape index (κ2) is 3.32. The fourth-order valence-electron chi connectivity index (χ4n) is 0.420. The van der Waals surface area contributed by atoms with Crippen molar-refractivity contribution in [3.8, 4) is 0 Å². The van der Waals surface area contributed by atoms with E-state index in [1.54, 1.807) is 0 Å². The molecule has 12 heavy (non-hydrogen) atoms. The van der Waals surface area contributed by atoms with Gasteiger partial charge in [0.2, 0.25) is 0 Å². The molecular weight excluding hydrogens is 193 g/mol.